The van der Waals surface area contributed by atoms with E-state index in [1.54, 1.807) is 0 Å². The van der Waals surface area contributed by atoms with E-state index in [9.17, 15) is 4.79 Å². The predicted octanol–water partition coefficient (Wildman–Crippen LogP) is 4.19. The number of ether oxygens (including phenoxy) is 1. The maximum Gasteiger partial charge on any atom is 0.338 e. The molecule has 1 rings (SSSR count). The lowest BCUT2D eigenvalue weighted by Gasteiger charge is -2.20. The summed E-state index contributed by atoms with van der Waals surface area (Å²) in [7, 11) is 0. The van der Waals surface area contributed by atoms with Gasteiger partial charge in [-0.2, -0.15) is 0 Å². The zero-order valence-corrected chi connectivity index (χ0v) is 12.3. The molecule has 0 bridgehead atoms. The molecule has 0 heterocycles. The van der Waals surface area contributed by atoms with Gasteiger partial charge in [-0.25, -0.2) is 4.79 Å². The van der Waals surface area contributed by atoms with Crippen molar-refractivity contribution >= 4 is 5.97 Å². The smallest absolute Gasteiger partial charge is 0.338 e. The predicted molar refractivity (Wildman–Crippen MR) is 74.9 cm³/mol. The molecule has 0 atom stereocenters. The van der Waals surface area contributed by atoms with Gasteiger partial charge in [0.2, 0.25) is 0 Å². The first-order chi connectivity index (χ1) is 8.09. The highest BCUT2D eigenvalue weighted by molar-refractivity contribution is 5.89. The average molecular weight is 248 g/mol. The number of benzene rings is 1. The monoisotopic (exact) mass is 248 g/mol. The van der Waals surface area contributed by atoms with E-state index in [1.165, 1.54) is 5.56 Å². The van der Waals surface area contributed by atoms with Gasteiger partial charge in [0.1, 0.15) is 0 Å². The molecule has 0 saturated heterocycles. The maximum absolute atomic E-state index is 11.8. The summed E-state index contributed by atoms with van der Waals surface area (Å²) in [5.74, 6) is -0.245. The van der Waals surface area contributed by atoms with Gasteiger partial charge in [-0.1, -0.05) is 53.7 Å². The zero-order valence-electron chi connectivity index (χ0n) is 12.3. The summed E-state index contributed by atoms with van der Waals surface area (Å²) in [4.78, 5) is 11.8. The lowest BCUT2D eigenvalue weighted by atomic mass is 9.87. The topological polar surface area (TPSA) is 26.3 Å². The van der Waals surface area contributed by atoms with Gasteiger partial charge in [-0.05, 0) is 28.5 Å². The van der Waals surface area contributed by atoms with E-state index in [1.807, 2.05) is 45.0 Å². The second-order valence-electron chi connectivity index (χ2n) is 6.96. The van der Waals surface area contributed by atoms with Crippen molar-refractivity contribution in [3.8, 4) is 0 Å². The number of hydrogen-bond donors (Lipinski definition) is 0. The Hall–Kier alpha value is -1.31. The Kier molecular flexibility index (Phi) is 4.20. The number of esters is 1. The van der Waals surface area contributed by atoms with Gasteiger partial charge in [0.25, 0.3) is 0 Å². The van der Waals surface area contributed by atoms with E-state index in [4.69, 9.17) is 4.74 Å². The molecule has 1 aromatic carbocycles. The van der Waals surface area contributed by atoms with Crippen LogP contribution in [0.25, 0.3) is 0 Å². The number of carbonyl (C=O) groups excluding carboxylic acids is 1. The molecule has 0 aromatic heterocycles. The molecule has 2 heteroatoms. The van der Waals surface area contributed by atoms with Crippen LogP contribution in [0.4, 0.5) is 0 Å². The van der Waals surface area contributed by atoms with Crippen molar-refractivity contribution in [1.82, 2.24) is 0 Å². The van der Waals surface area contributed by atoms with Gasteiger partial charge in [0.05, 0.1) is 12.2 Å². The van der Waals surface area contributed by atoms with Crippen LogP contribution < -0.4 is 0 Å². The minimum Gasteiger partial charge on any atom is -0.462 e. The van der Waals surface area contributed by atoms with E-state index >= 15 is 0 Å². The first-order valence-electron chi connectivity index (χ1n) is 6.37. The second kappa shape index (κ2) is 5.13. The Morgan fingerprint density at radius 1 is 1.00 bits per heavy atom. The first-order valence-corrected chi connectivity index (χ1v) is 6.37. The average Bonchev–Trinajstić information content (AvgIpc) is 2.24. The molecule has 0 radical (unpaired) electrons. The standard InChI is InChI=1S/C16H24O2/c1-15(2,3)11-18-14(17)12-7-9-13(10-8-12)16(4,5)6/h7-10H,11H2,1-6H3. The molecule has 0 aliphatic rings. The molecule has 0 aliphatic carbocycles. The van der Waals surface area contributed by atoms with Crippen molar-refractivity contribution in [3.05, 3.63) is 35.4 Å². The van der Waals surface area contributed by atoms with E-state index in [0.717, 1.165) is 0 Å². The number of hydrogen-bond acceptors (Lipinski definition) is 2. The van der Waals surface area contributed by atoms with Crippen LogP contribution in [0.2, 0.25) is 0 Å². The quantitative estimate of drug-likeness (QED) is 0.734. The van der Waals surface area contributed by atoms with Crippen LogP contribution in [-0.4, -0.2) is 12.6 Å². The van der Waals surface area contributed by atoms with Gasteiger partial charge < -0.3 is 4.74 Å². The highest BCUT2D eigenvalue weighted by atomic mass is 16.5. The van der Waals surface area contributed by atoms with Crippen LogP contribution in [0.5, 0.6) is 0 Å². The number of rotatable bonds is 2. The molecule has 0 N–H and O–H groups in total. The van der Waals surface area contributed by atoms with Crippen molar-refractivity contribution in [2.24, 2.45) is 5.41 Å². The third-order valence-electron chi connectivity index (χ3n) is 2.62. The Morgan fingerprint density at radius 2 is 1.50 bits per heavy atom. The summed E-state index contributed by atoms with van der Waals surface area (Å²) < 4.78 is 5.28. The molecule has 1 aromatic rings. The normalized spacial score (nSPS) is 12.3. The van der Waals surface area contributed by atoms with E-state index in [0.29, 0.717) is 12.2 Å². The zero-order chi connectivity index (χ0) is 14.0. The van der Waals surface area contributed by atoms with Gasteiger partial charge >= 0.3 is 5.97 Å². The second-order valence-corrected chi connectivity index (χ2v) is 6.96. The molecular weight excluding hydrogens is 224 g/mol. The van der Waals surface area contributed by atoms with Gasteiger partial charge in [0, 0.05) is 0 Å². The summed E-state index contributed by atoms with van der Waals surface area (Å²) in [6, 6.07) is 7.67. The fourth-order valence-electron chi connectivity index (χ4n) is 1.47. The van der Waals surface area contributed by atoms with Crippen molar-refractivity contribution in [2.75, 3.05) is 6.61 Å². The molecule has 0 aliphatic heterocycles. The fourth-order valence-corrected chi connectivity index (χ4v) is 1.47. The van der Waals surface area contributed by atoms with Crippen LogP contribution in [0, 0.1) is 5.41 Å². The third-order valence-corrected chi connectivity index (χ3v) is 2.62. The van der Waals surface area contributed by atoms with Gasteiger partial charge in [-0.3, -0.25) is 0 Å². The van der Waals surface area contributed by atoms with Crippen LogP contribution in [0.3, 0.4) is 0 Å². The SMILES string of the molecule is CC(C)(C)COC(=O)c1ccc(C(C)(C)C)cc1. The summed E-state index contributed by atoms with van der Waals surface area (Å²) in [6.45, 7) is 13.0. The molecule has 0 unspecified atom stereocenters. The van der Waals surface area contributed by atoms with Gasteiger partial charge in [0.15, 0.2) is 0 Å². The van der Waals surface area contributed by atoms with Crippen molar-refractivity contribution in [3.63, 3.8) is 0 Å². The summed E-state index contributed by atoms with van der Waals surface area (Å²) in [5.41, 5.74) is 1.94. The highest BCUT2D eigenvalue weighted by Gasteiger charge is 2.17. The van der Waals surface area contributed by atoms with E-state index in [2.05, 4.69) is 20.8 Å². The molecule has 0 fully saturated rings. The van der Waals surface area contributed by atoms with Crippen molar-refractivity contribution in [2.45, 2.75) is 47.0 Å². The minimum atomic E-state index is -0.245. The van der Waals surface area contributed by atoms with Crippen molar-refractivity contribution < 1.29 is 9.53 Å². The Balaban J connectivity index is 2.71. The Bertz CT molecular complexity index is 402. The summed E-state index contributed by atoms with van der Waals surface area (Å²) in [6.07, 6.45) is 0. The van der Waals surface area contributed by atoms with Crippen molar-refractivity contribution in [1.29, 1.82) is 0 Å². The Labute approximate surface area is 110 Å². The van der Waals surface area contributed by atoms with E-state index < -0.39 is 0 Å². The van der Waals surface area contributed by atoms with Crippen LogP contribution in [0.1, 0.15) is 57.5 Å². The number of carbonyl (C=O) groups is 1. The molecular formula is C16H24O2. The molecule has 18 heavy (non-hydrogen) atoms. The third kappa shape index (κ3) is 4.52. The van der Waals surface area contributed by atoms with Gasteiger partial charge in [-0.15, -0.1) is 0 Å². The Morgan fingerprint density at radius 3 is 1.89 bits per heavy atom. The van der Waals surface area contributed by atoms with Crippen LogP contribution in [0.15, 0.2) is 24.3 Å². The lowest BCUT2D eigenvalue weighted by Crippen LogP contribution is -2.18. The highest BCUT2D eigenvalue weighted by Crippen LogP contribution is 2.22. The molecule has 0 amide bonds. The maximum atomic E-state index is 11.8. The van der Waals surface area contributed by atoms with E-state index in [-0.39, 0.29) is 16.8 Å². The molecule has 0 spiro atoms. The van der Waals surface area contributed by atoms with Crippen LogP contribution >= 0.6 is 0 Å². The molecule has 100 valence electrons. The molecule has 0 saturated carbocycles. The largest absolute Gasteiger partial charge is 0.462 e. The molecule has 2 nitrogen and oxygen atoms in total. The summed E-state index contributed by atoms with van der Waals surface area (Å²) in [5, 5.41) is 0. The fraction of sp³-hybridized carbons (Fsp3) is 0.562. The lowest BCUT2D eigenvalue weighted by molar-refractivity contribution is 0.0367. The summed E-state index contributed by atoms with van der Waals surface area (Å²) >= 11 is 0. The first kappa shape index (κ1) is 14.7. The van der Waals surface area contributed by atoms with Crippen LogP contribution in [-0.2, 0) is 10.2 Å². The minimum absolute atomic E-state index is 0.00100.